The zero-order chi connectivity index (χ0) is 16.3. The highest BCUT2D eigenvalue weighted by Crippen LogP contribution is 2.31. The number of benzene rings is 1. The fourth-order valence-electron chi connectivity index (χ4n) is 1.66. The van der Waals surface area contributed by atoms with Crippen LogP contribution in [0.4, 0.5) is 8.78 Å². The van der Waals surface area contributed by atoms with Gasteiger partial charge in [-0.3, -0.25) is 0 Å². The van der Waals surface area contributed by atoms with Crippen LogP contribution >= 0.6 is 0 Å². The van der Waals surface area contributed by atoms with Gasteiger partial charge in [0.1, 0.15) is 11.8 Å². The van der Waals surface area contributed by atoms with E-state index < -0.39 is 26.3 Å². The Bertz CT molecular complexity index is 486. The monoisotopic (exact) mass is 317 g/mol. The van der Waals surface area contributed by atoms with Crippen LogP contribution in [0.5, 0.6) is 5.75 Å². The van der Waals surface area contributed by atoms with E-state index in [0.29, 0.717) is 5.75 Å². The lowest BCUT2D eigenvalue weighted by atomic mass is 10.0. The molecule has 0 fully saturated rings. The minimum atomic E-state index is -3.77. The van der Waals surface area contributed by atoms with Crippen molar-refractivity contribution in [2.24, 2.45) is 5.73 Å². The van der Waals surface area contributed by atoms with E-state index in [1.165, 1.54) is 19.1 Å². The fourth-order valence-corrected chi connectivity index (χ4v) is 2.50. The smallest absolute Gasteiger partial charge is 0.379 e. The summed E-state index contributed by atoms with van der Waals surface area (Å²) >= 11 is 0. The summed E-state index contributed by atoms with van der Waals surface area (Å²) in [6.45, 7) is 7.39. The molecule has 0 aliphatic rings. The van der Waals surface area contributed by atoms with Crippen molar-refractivity contribution in [1.29, 1.82) is 0 Å². The molecule has 1 atom stereocenters. The maximum atomic E-state index is 13.8. The molecule has 0 unspecified atom stereocenters. The lowest BCUT2D eigenvalue weighted by molar-refractivity contribution is -0.174. The molecule has 2 N–H and O–H groups in total. The van der Waals surface area contributed by atoms with Crippen LogP contribution in [0.15, 0.2) is 24.3 Å². The third-order valence-electron chi connectivity index (χ3n) is 2.60. The van der Waals surface area contributed by atoms with Crippen molar-refractivity contribution in [2.75, 3.05) is 6.61 Å². The number of esters is 1. The van der Waals surface area contributed by atoms with Crippen molar-refractivity contribution in [3.8, 4) is 5.75 Å². The lowest BCUT2D eigenvalue weighted by Gasteiger charge is -2.23. The number of alkyl halides is 2. The zero-order valence-electron chi connectivity index (χ0n) is 12.7. The van der Waals surface area contributed by atoms with Crippen LogP contribution in [-0.4, -0.2) is 26.8 Å². The second-order valence-corrected chi connectivity index (χ2v) is 10.0. The molecule has 21 heavy (non-hydrogen) atoms. The van der Waals surface area contributed by atoms with E-state index in [4.69, 9.17) is 10.2 Å². The van der Waals surface area contributed by atoms with Gasteiger partial charge in [0.15, 0.2) is 0 Å². The molecule has 0 aliphatic carbocycles. The second-order valence-electron chi connectivity index (χ2n) is 5.60. The number of carbonyl (C=O) groups is 1. The summed E-state index contributed by atoms with van der Waals surface area (Å²) in [7, 11) is -1.76. The Labute approximate surface area is 124 Å². The number of hydrogen-bond acceptors (Lipinski definition) is 4. The molecule has 0 amide bonds. The van der Waals surface area contributed by atoms with Gasteiger partial charge in [0.25, 0.3) is 0 Å². The first-order valence-corrected chi connectivity index (χ1v) is 10.1. The minimum Gasteiger partial charge on any atom is -0.544 e. The summed E-state index contributed by atoms with van der Waals surface area (Å²) in [5.74, 6) is -4.78. The number of nitrogens with two attached hydrogens (primary N) is 1. The van der Waals surface area contributed by atoms with Crippen molar-refractivity contribution in [1.82, 2.24) is 0 Å². The van der Waals surface area contributed by atoms with Crippen molar-refractivity contribution in [3.63, 3.8) is 0 Å². The summed E-state index contributed by atoms with van der Waals surface area (Å²) < 4.78 is 37.7. The Kier molecular flexibility index (Phi) is 5.46. The molecule has 0 bridgehead atoms. The van der Waals surface area contributed by atoms with Gasteiger partial charge in [0, 0.05) is 0 Å². The van der Waals surface area contributed by atoms with Crippen LogP contribution in [-0.2, 0) is 9.53 Å². The second kappa shape index (κ2) is 6.53. The molecule has 0 aliphatic heterocycles. The third-order valence-corrected chi connectivity index (χ3v) is 3.45. The molecule has 1 rings (SSSR count). The van der Waals surface area contributed by atoms with Crippen LogP contribution in [0, 0.1) is 0 Å². The van der Waals surface area contributed by atoms with E-state index in [2.05, 4.69) is 4.74 Å². The number of carbonyl (C=O) groups excluding carboxylic acids is 1. The molecule has 7 heteroatoms. The molecule has 0 saturated carbocycles. The summed E-state index contributed by atoms with van der Waals surface area (Å²) in [5, 5.41) is 0. The average Bonchev–Trinajstić information content (AvgIpc) is 2.37. The van der Waals surface area contributed by atoms with E-state index >= 15 is 0 Å². The lowest BCUT2D eigenvalue weighted by Crippen LogP contribution is -2.41. The largest absolute Gasteiger partial charge is 0.544 e. The Morgan fingerprint density at radius 2 is 1.81 bits per heavy atom. The van der Waals surface area contributed by atoms with Gasteiger partial charge in [0.05, 0.1) is 6.61 Å². The Morgan fingerprint density at radius 1 is 1.29 bits per heavy atom. The SMILES string of the molecule is CCOC(=O)C(F)(F)[C@H](N)c1ccc(O[Si](C)(C)C)cc1. The van der Waals surface area contributed by atoms with E-state index in [9.17, 15) is 13.6 Å². The molecular weight excluding hydrogens is 296 g/mol. The summed E-state index contributed by atoms with van der Waals surface area (Å²) in [6.07, 6.45) is 0. The van der Waals surface area contributed by atoms with Crippen LogP contribution in [0.25, 0.3) is 0 Å². The first-order valence-electron chi connectivity index (χ1n) is 6.67. The van der Waals surface area contributed by atoms with E-state index in [0.717, 1.165) is 0 Å². The molecule has 0 spiro atoms. The first kappa shape index (κ1) is 17.6. The van der Waals surface area contributed by atoms with Crippen molar-refractivity contribution >= 4 is 14.3 Å². The van der Waals surface area contributed by atoms with Crippen LogP contribution in [0.1, 0.15) is 18.5 Å². The van der Waals surface area contributed by atoms with E-state index in [1.54, 1.807) is 12.1 Å². The van der Waals surface area contributed by atoms with Gasteiger partial charge in [0.2, 0.25) is 8.32 Å². The molecule has 0 saturated heterocycles. The molecule has 118 valence electrons. The maximum Gasteiger partial charge on any atom is 0.379 e. The molecule has 0 radical (unpaired) electrons. The Balaban J connectivity index is 2.88. The molecule has 0 heterocycles. The standard InChI is InChI=1S/C14H21F2NO3Si/c1-5-19-13(18)14(15,16)12(17)10-6-8-11(9-7-10)20-21(2,3)4/h6-9,12H,5,17H2,1-4H3/t12-/m1/s1. The predicted molar refractivity (Wildman–Crippen MR) is 78.9 cm³/mol. The first-order chi connectivity index (χ1) is 9.58. The van der Waals surface area contributed by atoms with Gasteiger partial charge in [-0.15, -0.1) is 0 Å². The minimum absolute atomic E-state index is 0.121. The molecule has 4 nitrogen and oxygen atoms in total. The predicted octanol–water partition coefficient (Wildman–Crippen LogP) is 3.10. The zero-order valence-corrected chi connectivity index (χ0v) is 13.7. The van der Waals surface area contributed by atoms with E-state index in [1.807, 2.05) is 19.6 Å². The molecule has 0 aromatic heterocycles. The van der Waals surface area contributed by atoms with Crippen LogP contribution < -0.4 is 10.2 Å². The Morgan fingerprint density at radius 3 is 2.24 bits per heavy atom. The maximum absolute atomic E-state index is 13.8. The van der Waals surface area contributed by atoms with Crippen LogP contribution in [0.3, 0.4) is 0 Å². The summed E-state index contributed by atoms with van der Waals surface area (Å²) in [6, 6.07) is 4.28. The normalized spacial score (nSPS) is 13.7. The van der Waals surface area contributed by atoms with Crippen LogP contribution in [0.2, 0.25) is 19.6 Å². The molecule has 1 aromatic rings. The number of ether oxygens (including phenoxy) is 1. The van der Waals surface area contributed by atoms with E-state index in [-0.39, 0.29) is 12.2 Å². The highest BCUT2D eigenvalue weighted by atomic mass is 28.4. The molecule has 1 aromatic carbocycles. The fraction of sp³-hybridized carbons (Fsp3) is 0.500. The summed E-state index contributed by atoms with van der Waals surface area (Å²) in [5.41, 5.74) is 5.65. The number of rotatable bonds is 6. The van der Waals surface area contributed by atoms with Gasteiger partial charge in [-0.1, -0.05) is 12.1 Å². The van der Waals surface area contributed by atoms with Gasteiger partial charge < -0.3 is 14.9 Å². The molecular formula is C14H21F2NO3Si. The van der Waals surface area contributed by atoms with Crippen molar-refractivity contribution < 1.29 is 22.7 Å². The number of hydrogen-bond donors (Lipinski definition) is 1. The third kappa shape index (κ3) is 4.78. The average molecular weight is 317 g/mol. The van der Waals surface area contributed by atoms with Gasteiger partial charge in [-0.25, -0.2) is 4.79 Å². The topological polar surface area (TPSA) is 61.5 Å². The highest BCUT2D eigenvalue weighted by molar-refractivity contribution is 6.70. The highest BCUT2D eigenvalue weighted by Gasteiger charge is 2.47. The van der Waals surface area contributed by atoms with Gasteiger partial charge >= 0.3 is 11.9 Å². The van der Waals surface area contributed by atoms with Gasteiger partial charge in [-0.2, -0.15) is 8.78 Å². The van der Waals surface area contributed by atoms with Crippen molar-refractivity contribution in [3.05, 3.63) is 29.8 Å². The van der Waals surface area contributed by atoms with Crippen molar-refractivity contribution in [2.45, 2.75) is 38.5 Å². The number of halogens is 2. The quantitative estimate of drug-likeness (QED) is 0.647. The Hall–Kier alpha value is -1.47. The van der Waals surface area contributed by atoms with Gasteiger partial charge in [-0.05, 0) is 44.3 Å². The summed E-state index contributed by atoms with van der Waals surface area (Å²) in [4.78, 5) is 11.3.